The number of nitrogens with two attached hydrogens (primary N) is 1. The van der Waals surface area contributed by atoms with Crippen molar-refractivity contribution >= 4 is 29.0 Å². The van der Waals surface area contributed by atoms with Gasteiger partial charge in [0, 0.05) is 74.8 Å². The van der Waals surface area contributed by atoms with Crippen molar-refractivity contribution in [3.8, 4) is 0 Å². The van der Waals surface area contributed by atoms with Crippen LogP contribution in [0.1, 0.15) is 18.1 Å². The molecule has 0 heterocycles. The van der Waals surface area contributed by atoms with Crippen LogP contribution in [-0.4, -0.2) is 46.0 Å². The largest absolute Gasteiger partial charge is 0.398 e. The number of allylic oxidation sites excluding steroid dienone is 1. The van der Waals surface area contributed by atoms with E-state index in [1.807, 2.05) is 75.5 Å². The zero-order valence-corrected chi connectivity index (χ0v) is 19.7. The zero-order chi connectivity index (χ0) is 23.5. The Morgan fingerprint density at radius 1 is 1.19 bits per heavy atom. The van der Waals surface area contributed by atoms with Gasteiger partial charge in [-0.15, -0.1) is 0 Å². The molecule has 0 aromatic heterocycles. The van der Waals surface area contributed by atoms with Crippen LogP contribution in [0.15, 0.2) is 77.6 Å². The topological polar surface area (TPSA) is 89.7 Å². The maximum Gasteiger partial charge on any atom is 0.113 e. The van der Waals surface area contributed by atoms with E-state index in [0.717, 1.165) is 39.6 Å². The minimum Gasteiger partial charge on any atom is -0.398 e. The van der Waals surface area contributed by atoms with Crippen molar-refractivity contribution in [1.82, 2.24) is 15.8 Å². The monoisotopic (exact) mass is 433 g/mol. The van der Waals surface area contributed by atoms with Crippen LogP contribution in [0.3, 0.4) is 0 Å². The molecule has 0 atom stereocenters. The third kappa shape index (κ3) is 7.21. The highest BCUT2D eigenvalue weighted by molar-refractivity contribution is 5.89. The van der Waals surface area contributed by atoms with Gasteiger partial charge in [0.15, 0.2) is 0 Å². The zero-order valence-electron chi connectivity index (χ0n) is 19.7. The highest BCUT2D eigenvalue weighted by Gasteiger charge is 2.08. The Labute approximate surface area is 191 Å². The highest BCUT2D eigenvalue weighted by atomic mass is 15.5. The number of hydrazine groups is 1. The minimum atomic E-state index is 0.663. The molecule has 0 unspecified atom stereocenters. The molecule has 170 valence electrons. The van der Waals surface area contributed by atoms with Gasteiger partial charge in [0.25, 0.3) is 0 Å². The quantitative estimate of drug-likeness (QED) is 0.160. The van der Waals surface area contributed by atoms with Crippen molar-refractivity contribution in [2.45, 2.75) is 6.92 Å². The van der Waals surface area contributed by atoms with Gasteiger partial charge < -0.3 is 27.1 Å². The second-order valence-electron chi connectivity index (χ2n) is 7.41. The summed E-state index contributed by atoms with van der Waals surface area (Å²) in [4.78, 5) is 4.03. The fourth-order valence-electron chi connectivity index (χ4n) is 3.07. The molecule has 0 spiro atoms. The van der Waals surface area contributed by atoms with Crippen LogP contribution < -0.4 is 27.1 Å². The first-order valence-electron chi connectivity index (χ1n) is 10.5. The van der Waals surface area contributed by atoms with Crippen molar-refractivity contribution in [2.24, 2.45) is 4.99 Å². The van der Waals surface area contributed by atoms with Crippen LogP contribution >= 0.6 is 0 Å². The third-order valence-electron chi connectivity index (χ3n) is 4.70. The SMILES string of the molecule is C=C(Nc1ccc(C=NC)c(N)c1)c1ccccc1NCC(=C/C)/C=C(\NC)NN(C)C. The number of rotatable bonds is 11. The van der Waals surface area contributed by atoms with E-state index >= 15 is 0 Å². The molecular formula is C25H35N7. The van der Waals surface area contributed by atoms with Gasteiger partial charge in [-0.1, -0.05) is 30.9 Å². The van der Waals surface area contributed by atoms with Crippen molar-refractivity contribution < 1.29 is 0 Å². The van der Waals surface area contributed by atoms with Gasteiger partial charge in [-0.2, -0.15) is 0 Å². The summed E-state index contributed by atoms with van der Waals surface area (Å²) in [6, 6.07) is 13.9. The normalized spacial score (nSPS) is 12.2. The van der Waals surface area contributed by atoms with Gasteiger partial charge >= 0.3 is 0 Å². The van der Waals surface area contributed by atoms with E-state index in [1.54, 1.807) is 13.3 Å². The molecule has 32 heavy (non-hydrogen) atoms. The molecule has 6 N–H and O–H groups in total. The second kappa shape index (κ2) is 12.2. The Hall–Kier alpha value is -3.71. The molecule has 2 aromatic rings. The van der Waals surface area contributed by atoms with Crippen molar-refractivity contribution in [3.63, 3.8) is 0 Å². The average molecular weight is 434 g/mol. The number of anilines is 3. The smallest absolute Gasteiger partial charge is 0.113 e. The van der Waals surface area contributed by atoms with E-state index in [1.165, 1.54) is 0 Å². The molecule has 0 aliphatic carbocycles. The molecule has 0 fully saturated rings. The number of nitrogens with one attached hydrogen (secondary N) is 4. The van der Waals surface area contributed by atoms with Gasteiger partial charge in [0.05, 0.1) is 0 Å². The van der Waals surface area contributed by atoms with E-state index in [9.17, 15) is 0 Å². The first-order chi connectivity index (χ1) is 15.4. The lowest BCUT2D eigenvalue weighted by atomic mass is 10.1. The minimum absolute atomic E-state index is 0.663. The summed E-state index contributed by atoms with van der Waals surface area (Å²) in [6.45, 7) is 6.93. The van der Waals surface area contributed by atoms with Gasteiger partial charge in [-0.05, 0) is 42.8 Å². The number of para-hydroxylation sites is 1. The van der Waals surface area contributed by atoms with E-state index in [-0.39, 0.29) is 0 Å². The van der Waals surface area contributed by atoms with Gasteiger partial charge in [0.2, 0.25) is 0 Å². The molecule has 7 nitrogen and oxygen atoms in total. The van der Waals surface area contributed by atoms with E-state index in [0.29, 0.717) is 12.2 Å². The summed E-state index contributed by atoms with van der Waals surface area (Å²) < 4.78 is 0. The predicted octanol–water partition coefficient (Wildman–Crippen LogP) is 3.89. The van der Waals surface area contributed by atoms with Crippen LogP contribution in [-0.2, 0) is 0 Å². The molecule has 0 bridgehead atoms. The lowest BCUT2D eigenvalue weighted by Crippen LogP contribution is -2.35. The van der Waals surface area contributed by atoms with Crippen molar-refractivity contribution in [3.05, 3.63) is 83.7 Å². The highest BCUT2D eigenvalue weighted by Crippen LogP contribution is 2.26. The van der Waals surface area contributed by atoms with Crippen LogP contribution in [0, 0.1) is 0 Å². The third-order valence-corrected chi connectivity index (χ3v) is 4.70. The Kier molecular flexibility index (Phi) is 9.38. The molecule has 2 aromatic carbocycles. The van der Waals surface area contributed by atoms with Gasteiger partial charge in [0.1, 0.15) is 5.82 Å². The molecule has 0 amide bonds. The summed E-state index contributed by atoms with van der Waals surface area (Å²) in [5, 5.41) is 11.9. The maximum atomic E-state index is 6.13. The Bertz CT molecular complexity index is 1000. The summed E-state index contributed by atoms with van der Waals surface area (Å²) >= 11 is 0. The standard InChI is InChI=1S/C25H35N7/c1-7-19(14-25(28-4)31-32(5)6)16-29-24-11-9-8-10-22(24)18(2)30-21-13-12-20(17-27-3)23(26)15-21/h7-15,17,28-31H,2,16,26H2,1,3-6H3/b19-7+,25-14+,27-17?. The van der Waals surface area contributed by atoms with Crippen molar-refractivity contribution in [1.29, 1.82) is 0 Å². The van der Waals surface area contributed by atoms with E-state index in [2.05, 4.69) is 45.1 Å². The molecule has 2 rings (SSSR count). The van der Waals surface area contributed by atoms with Gasteiger partial charge in [-0.25, -0.2) is 5.01 Å². The van der Waals surface area contributed by atoms with Crippen LogP contribution in [0.4, 0.5) is 17.1 Å². The second-order valence-corrected chi connectivity index (χ2v) is 7.41. The van der Waals surface area contributed by atoms with E-state index < -0.39 is 0 Å². The van der Waals surface area contributed by atoms with Crippen molar-refractivity contribution in [2.75, 3.05) is 51.1 Å². The van der Waals surface area contributed by atoms with Crippen LogP contribution in [0.2, 0.25) is 0 Å². The molecule has 0 aliphatic heterocycles. The number of nitrogens with zero attached hydrogens (tertiary/aromatic N) is 2. The van der Waals surface area contributed by atoms with Crippen LogP contribution in [0.5, 0.6) is 0 Å². The summed E-state index contributed by atoms with van der Waals surface area (Å²) in [5.74, 6) is 0.915. The number of hydrogen-bond acceptors (Lipinski definition) is 7. The van der Waals surface area contributed by atoms with E-state index in [4.69, 9.17) is 5.73 Å². The first kappa shape index (κ1) is 24.6. The fraction of sp³-hybridized carbons (Fsp3) is 0.240. The fourth-order valence-corrected chi connectivity index (χ4v) is 3.07. The molecule has 0 saturated carbocycles. The van der Waals surface area contributed by atoms with Crippen LogP contribution in [0.25, 0.3) is 5.70 Å². The maximum absolute atomic E-state index is 6.13. The Morgan fingerprint density at radius 2 is 1.94 bits per heavy atom. The molecule has 0 aliphatic rings. The lowest BCUT2D eigenvalue weighted by Gasteiger charge is -2.18. The number of aliphatic imine (C=N–C) groups is 1. The molecule has 0 radical (unpaired) electrons. The predicted molar refractivity (Wildman–Crippen MR) is 140 cm³/mol. The molecular weight excluding hydrogens is 398 g/mol. The lowest BCUT2D eigenvalue weighted by molar-refractivity contribution is 0.318. The number of nitrogen functional groups attached to an aromatic ring is 1. The Morgan fingerprint density at radius 3 is 2.56 bits per heavy atom. The Balaban J connectivity index is 2.14. The molecule has 7 heteroatoms. The summed E-state index contributed by atoms with van der Waals surface area (Å²) in [7, 11) is 7.52. The van der Waals surface area contributed by atoms with Gasteiger partial charge in [-0.3, -0.25) is 4.99 Å². The molecule has 0 saturated heterocycles. The first-order valence-corrected chi connectivity index (χ1v) is 10.5. The summed E-state index contributed by atoms with van der Waals surface area (Å²) in [6.07, 6.45) is 5.90. The summed E-state index contributed by atoms with van der Waals surface area (Å²) in [5.41, 5.74) is 15.7. The number of benzene rings is 2. The average Bonchev–Trinajstić information content (AvgIpc) is 2.77. The number of hydrogen-bond donors (Lipinski definition) is 5.